The molecule has 0 saturated carbocycles. The summed E-state index contributed by atoms with van der Waals surface area (Å²) >= 11 is 0. The molecule has 354 valence electrons. The normalized spacial score (nSPS) is 17.6. The maximum atomic E-state index is 14.0. The maximum Gasteiger partial charge on any atom is 0.253 e. The quantitative estimate of drug-likeness (QED) is 0.0902. The number of amides is 6. The predicted octanol–water partition coefficient (Wildman–Crippen LogP) is 5.06. The lowest BCUT2D eigenvalue weighted by atomic mass is 9.94. The summed E-state index contributed by atoms with van der Waals surface area (Å²) in [6.07, 6.45) is 1.66. The van der Waals surface area contributed by atoms with Gasteiger partial charge in [-0.3, -0.25) is 28.8 Å². The van der Waals surface area contributed by atoms with Crippen LogP contribution in [0, 0.1) is 46.9 Å². The Morgan fingerprint density at radius 3 is 0.765 bits per heavy atom. The zero-order valence-electron chi connectivity index (χ0n) is 37.2. The molecule has 16 heteroatoms. The minimum Gasteiger partial charge on any atom is -0.355 e. The van der Waals surface area contributed by atoms with Gasteiger partial charge in [-0.05, 0) is 121 Å². The van der Waals surface area contributed by atoms with Crippen LogP contribution in [0.1, 0.15) is 43.0 Å². The van der Waals surface area contributed by atoms with Crippen LogP contribution in [-0.4, -0.2) is 97.6 Å². The van der Waals surface area contributed by atoms with E-state index in [1.165, 1.54) is 82.6 Å². The molecule has 0 aliphatic carbocycles. The molecule has 2 saturated heterocycles. The van der Waals surface area contributed by atoms with Crippen LogP contribution in [0.4, 0.5) is 17.6 Å². The average Bonchev–Trinajstić information content (AvgIpc) is 4.01. The monoisotopic (exact) mass is 932 g/mol. The van der Waals surface area contributed by atoms with Crippen LogP contribution in [0.2, 0.25) is 0 Å². The minimum absolute atomic E-state index is 0.0631. The summed E-state index contributed by atoms with van der Waals surface area (Å²) in [6.45, 7) is 0.606. The van der Waals surface area contributed by atoms with Crippen LogP contribution in [0.15, 0.2) is 121 Å². The van der Waals surface area contributed by atoms with Gasteiger partial charge in [0.25, 0.3) is 11.8 Å². The summed E-state index contributed by atoms with van der Waals surface area (Å²) in [5.41, 5.74) is 3.62. The van der Waals surface area contributed by atoms with Crippen LogP contribution in [0.25, 0.3) is 0 Å². The fraction of sp³-hybridized carbons (Fsp3) is 0.308. The van der Waals surface area contributed by atoms with Crippen molar-refractivity contribution in [1.82, 2.24) is 31.1 Å². The third-order valence-electron chi connectivity index (χ3n) is 12.4. The van der Waals surface area contributed by atoms with Crippen LogP contribution in [-0.2, 0) is 44.9 Å². The van der Waals surface area contributed by atoms with Gasteiger partial charge in [0.15, 0.2) is 0 Å². The molecule has 68 heavy (non-hydrogen) atoms. The number of benzene rings is 5. The molecule has 0 bridgehead atoms. The molecule has 5 aromatic carbocycles. The molecule has 0 unspecified atom stereocenters. The van der Waals surface area contributed by atoms with E-state index in [1.54, 1.807) is 48.5 Å². The van der Waals surface area contributed by atoms with Gasteiger partial charge in [0.1, 0.15) is 23.3 Å². The Labute approximate surface area is 391 Å². The number of rotatable bonds is 18. The summed E-state index contributed by atoms with van der Waals surface area (Å²) in [7, 11) is 0. The highest BCUT2D eigenvalue weighted by atomic mass is 19.1. The van der Waals surface area contributed by atoms with Crippen LogP contribution >= 0.6 is 0 Å². The molecule has 7 rings (SSSR count). The molecule has 5 aromatic rings. The highest BCUT2D eigenvalue weighted by molar-refractivity contribution is 6.00. The average molecular weight is 933 g/mol. The fourth-order valence-corrected chi connectivity index (χ4v) is 8.57. The highest BCUT2D eigenvalue weighted by Crippen LogP contribution is 2.28. The summed E-state index contributed by atoms with van der Waals surface area (Å²) < 4.78 is 53.7. The fourth-order valence-electron chi connectivity index (χ4n) is 8.57. The Bertz CT molecular complexity index is 2240. The molecule has 0 spiro atoms. The molecular weight excluding hydrogens is 881 g/mol. The second-order valence-corrected chi connectivity index (χ2v) is 17.1. The van der Waals surface area contributed by atoms with Crippen molar-refractivity contribution in [3.8, 4) is 0 Å². The van der Waals surface area contributed by atoms with Gasteiger partial charge in [-0.2, -0.15) is 0 Å². The van der Waals surface area contributed by atoms with Crippen molar-refractivity contribution in [3.05, 3.63) is 178 Å². The molecule has 12 nitrogen and oxygen atoms in total. The number of nitrogens with one attached hydrogen (secondary N) is 4. The molecule has 0 aromatic heterocycles. The van der Waals surface area contributed by atoms with Crippen molar-refractivity contribution in [2.75, 3.05) is 52.4 Å². The zero-order valence-corrected chi connectivity index (χ0v) is 37.2. The number of hydrogen-bond acceptors (Lipinski definition) is 6. The molecule has 0 radical (unpaired) electrons. The summed E-state index contributed by atoms with van der Waals surface area (Å²) in [4.78, 5) is 85.3. The molecule has 2 aliphatic heterocycles. The number of halogens is 4. The third kappa shape index (κ3) is 13.0. The van der Waals surface area contributed by atoms with E-state index in [0.717, 1.165) is 22.3 Å². The minimum atomic E-state index is -0.893. The Hall–Kier alpha value is -7.36. The largest absolute Gasteiger partial charge is 0.355 e. The molecule has 4 N–H and O–H groups in total. The number of nitrogens with zero attached hydrogens (tertiary/aromatic N) is 2. The molecular formula is C52H52F4N6O6. The Morgan fingerprint density at radius 1 is 0.353 bits per heavy atom. The SMILES string of the molecule is O=C(NCCc1ccc(F)cc1)[C@@H]1CN(C(=O)c2ccc(C(=O)N3C[C@@H](C(=O)NCCc4ccc(F)cc4)[C@H](C(=O)NCCc4ccc(F)cc4)C3)cc2)C[C@H]1C(=O)NCCc1ccc(F)cc1. The van der Waals surface area contributed by atoms with Crippen molar-refractivity contribution >= 4 is 35.4 Å². The van der Waals surface area contributed by atoms with Gasteiger partial charge in [0.05, 0.1) is 23.7 Å². The molecule has 6 amide bonds. The second-order valence-electron chi connectivity index (χ2n) is 17.1. The van der Waals surface area contributed by atoms with Crippen molar-refractivity contribution in [3.63, 3.8) is 0 Å². The number of carbonyl (C=O) groups excluding carboxylic acids is 6. The lowest BCUT2D eigenvalue weighted by molar-refractivity contribution is -0.132. The van der Waals surface area contributed by atoms with E-state index in [9.17, 15) is 46.3 Å². The standard InChI is InChI=1S/C52H52F4N6O6/c53-39-13-1-33(2-14-39)21-25-57-47(63)43-29-61(30-44(43)48(64)58-26-22-34-3-15-40(54)16-4-34)51(67)37-9-11-38(12-10-37)52(68)62-31-45(49(65)59-27-23-35-5-17-41(55)18-6-35)46(32-62)50(66)60-28-24-36-7-19-42(56)20-8-36/h1-20,43-46H,21-32H2,(H,57,63)(H,58,64)(H,59,65)(H,60,66)/t43-,44-,45-,46-/m1/s1. The second kappa shape index (κ2) is 22.9. The first-order valence-electron chi connectivity index (χ1n) is 22.6. The number of likely N-dealkylation sites (tertiary alicyclic amines) is 2. The van der Waals surface area contributed by atoms with Gasteiger partial charge >= 0.3 is 0 Å². The highest BCUT2D eigenvalue weighted by Gasteiger charge is 2.45. The topological polar surface area (TPSA) is 157 Å². The van der Waals surface area contributed by atoms with E-state index < -0.39 is 59.1 Å². The van der Waals surface area contributed by atoms with Crippen LogP contribution in [0.3, 0.4) is 0 Å². The van der Waals surface area contributed by atoms with Gasteiger partial charge in [0.2, 0.25) is 23.6 Å². The van der Waals surface area contributed by atoms with Gasteiger partial charge in [-0.15, -0.1) is 0 Å². The lowest BCUT2D eigenvalue weighted by Gasteiger charge is -2.18. The molecule has 2 fully saturated rings. The maximum absolute atomic E-state index is 14.0. The first-order valence-corrected chi connectivity index (χ1v) is 22.6. The van der Waals surface area contributed by atoms with E-state index in [-0.39, 0.29) is 86.8 Å². The first-order chi connectivity index (χ1) is 32.8. The van der Waals surface area contributed by atoms with E-state index >= 15 is 0 Å². The molecule has 4 atom stereocenters. The van der Waals surface area contributed by atoms with Crippen molar-refractivity contribution in [1.29, 1.82) is 0 Å². The number of carbonyl (C=O) groups is 6. The lowest BCUT2D eigenvalue weighted by Crippen LogP contribution is -2.42. The van der Waals surface area contributed by atoms with Crippen LogP contribution < -0.4 is 21.3 Å². The van der Waals surface area contributed by atoms with E-state index in [4.69, 9.17) is 0 Å². The van der Waals surface area contributed by atoms with E-state index in [1.807, 2.05) is 0 Å². The number of hydrogen-bond donors (Lipinski definition) is 4. The van der Waals surface area contributed by atoms with E-state index in [0.29, 0.717) is 25.7 Å². The molecule has 2 heterocycles. The van der Waals surface area contributed by atoms with Gasteiger partial charge < -0.3 is 31.1 Å². The predicted molar refractivity (Wildman–Crippen MR) is 245 cm³/mol. The van der Waals surface area contributed by atoms with Gasteiger partial charge in [-0.25, -0.2) is 17.6 Å². The smallest absolute Gasteiger partial charge is 0.253 e. The van der Waals surface area contributed by atoms with Crippen LogP contribution in [0.5, 0.6) is 0 Å². The Balaban J connectivity index is 0.992. The summed E-state index contributed by atoms with van der Waals surface area (Å²) in [6, 6.07) is 29.4. The zero-order chi connectivity index (χ0) is 48.2. The van der Waals surface area contributed by atoms with Crippen molar-refractivity contribution < 1.29 is 46.3 Å². The Kier molecular flexibility index (Phi) is 16.4. The summed E-state index contributed by atoms with van der Waals surface area (Å²) in [5.74, 6) is -7.72. The first kappa shape index (κ1) is 48.6. The third-order valence-corrected chi connectivity index (χ3v) is 12.4. The Morgan fingerprint density at radius 2 is 0.559 bits per heavy atom. The van der Waals surface area contributed by atoms with Gasteiger partial charge in [-0.1, -0.05) is 48.5 Å². The van der Waals surface area contributed by atoms with Crippen molar-refractivity contribution in [2.45, 2.75) is 25.7 Å². The van der Waals surface area contributed by atoms with E-state index in [2.05, 4.69) is 21.3 Å². The summed E-state index contributed by atoms with van der Waals surface area (Å²) in [5, 5.41) is 11.4. The molecule has 2 aliphatic rings. The van der Waals surface area contributed by atoms with Crippen molar-refractivity contribution in [2.24, 2.45) is 23.7 Å². The van der Waals surface area contributed by atoms with Gasteiger partial charge in [0, 0.05) is 63.5 Å².